The molecule has 0 aromatic heterocycles. The summed E-state index contributed by atoms with van der Waals surface area (Å²) in [4.78, 5) is 10.9. The molecule has 0 radical (unpaired) electrons. The summed E-state index contributed by atoms with van der Waals surface area (Å²) in [6, 6.07) is 7.65. The van der Waals surface area contributed by atoms with E-state index in [0.29, 0.717) is 0 Å². The minimum Gasteiger partial charge on any atom is -0.544 e. The lowest BCUT2D eigenvalue weighted by molar-refractivity contribution is -0.134. The van der Waals surface area contributed by atoms with Gasteiger partial charge < -0.3 is 9.16 Å². The largest absolute Gasteiger partial charge is 0.544 e. The zero-order valence-corrected chi connectivity index (χ0v) is 11.7. The van der Waals surface area contributed by atoms with Crippen LogP contribution in [0.3, 0.4) is 0 Å². The molecular weight excluding hydrogens is 232 g/mol. The Kier molecular flexibility index (Phi) is 4.51. The molecule has 0 aliphatic carbocycles. The van der Waals surface area contributed by atoms with Crippen molar-refractivity contribution in [3.05, 3.63) is 35.9 Å². The molecule has 3 nitrogen and oxygen atoms in total. The lowest BCUT2D eigenvalue weighted by Gasteiger charge is -2.18. The smallest absolute Gasteiger partial charge is 0.330 e. The summed E-state index contributed by atoms with van der Waals surface area (Å²) in [5, 5.41) is 0. The molecule has 0 heterocycles. The van der Waals surface area contributed by atoms with E-state index in [-0.39, 0.29) is 5.97 Å². The molecule has 1 aromatic rings. The Balaban J connectivity index is 2.68. The standard InChI is InChI=1S/C13H18O3Si/c1-15-13(14)10-7-11-5-8-12(9-6-11)16-17(2,3)4/h5-10H,1-4H3. The normalized spacial score (nSPS) is 11.5. The molecule has 0 unspecified atom stereocenters. The Labute approximate surface area is 103 Å². The van der Waals surface area contributed by atoms with Crippen LogP contribution in [0, 0.1) is 0 Å². The molecule has 4 heteroatoms. The van der Waals surface area contributed by atoms with Crippen molar-refractivity contribution in [1.29, 1.82) is 0 Å². The van der Waals surface area contributed by atoms with Crippen molar-refractivity contribution < 1.29 is 14.0 Å². The lowest BCUT2D eigenvalue weighted by Crippen LogP contribution is -2.29. The number of esters is 1. The SMILES string of the molecule is COC(=O)C=Cc1ccc(O[Si](C)(C)C)cc1. The topological polar surface area (TPSA) is 35.5 Å². The minimum atomic E-state index is -1.55. The second-order valence-electron chi connectivity index (χ2n) is 4.64. The Morgan fingerprint density at radius 3 is 2.24 bits per heavy atom. The molecule has 17 heavy (non-hydrogen) atoms. The molecular formula is C13H18O3Si. The van der Waals surface area contributed by atoms with Crippen LogP contribution in [0.5, 0.6) is 5.75 Å². The van der Waals surface area contributed by atoms with Gasteiger partial charge in [-0.25, -0.2) is 4.79 Å². The van der Waals surface area contributed by atoms with Gasteiger partial charge in [-0.2, -0.15) is 0 Å². The van der Waals surface area contributed by atoms with Crippen LogP contribution in [0.2, 0.25) is 19.6 Å². The number of rotatable bonds is 4. The molecule has 0 saturated heterocycles. The molecule has 0 spiro atoms. The first-order chi connectivity index (χ1) is 7.90. The van der Waals surface area contributed by atoms with Gasteiger partial charge in [0.2, 0.25) is 8.32 Å². The molecule has 0 amide bonds. The number of hydrogen-bond donors (Lipinski definition) is 0. The summed E-state index contributed by atoms with van der Waals surface area (Å²) in [5.41, 5.74) is 0.943. The molecule has 0 atom stereocenters. The molecule has 0 saturated carbocycles. The fourth-order valence-electron chi connectivity index (χ4n) is 1.23. The summed E-state index contributed by atoms with van der Waals surface area (Å²) < 4.78 is 10.3. The Morgan fingerprint density at radius 1 is 1.18 bits per heavy atom. The van der Waals surface area contributed by atoms with E-state index >= 15 is 0 Å². The first-order valence-corrected chi connectivity index (χ1v) is 8.87. The average Bonchev–Trinajstić information content (AvgIpc) is 2.25. The molecule has 0 aliphatic heterocycles. The number of carbonyl (C=O) groups excluding carboxylic acids is 1. The van der Waals surface area contributed by atoms with Crippen LogP contribution in [0.1, 0.15) is 5.56 Å². The zero-order chi connectivity index (χ0) is 12.9. The van der Waals surface area contributed by atoms with Gasteiger partial charge in [-0.15, -0.1) is 0 Å². The fraction of sp³-hybridized carbons (Fsp3) is 0.308. The third-order valence-electron chi connectivity index (χ3n) is 1.92. The summed E-state index contributed by atoms with van der Waals surface area (Å²) in [6.07, 6.45) is 3.11. The van der Waals surface area contributed by atoms with Gasteiger partial charge in [0.1, 0.15) is 5.75 Å². The Hall–Kier alpha value is -1.55. The van der Waals surface area contributed by atoms with E-state index in [1.165, 1.54) is 13.2 Å². The van der Waals surface area contributed by atoms with Crippen LogP contribution in [0.15, 0.2) is 30.3 Å². The predicted octanol–water partition coefficient (Wildman–Crippen LogP) is 3.09. The van der Waals surface area contributed by atoms with Gasteiger partial charge in [-0.3, -0.25) is 0 Å². The van der Waals surface area contributed by atoms with Crippen LogP contribution in [-0.4, -0.2) is 21.4 Å². The molecule has 0 N–H and O–H groups in total. The lowest BCUT2D eigenvalue weighted by atomic mass is 10.2. The Morgan fingerprint density at radius 2 is 1.76 bits per heavy atom. The first kappa shape index (κ1) is 13.5. The minimum absolute atomic E-state index is 0.354. The van der Waals surface area contributed by atoms with Gasteiger partial charge in [0.15, 0.2) is 0 Å². The first-order valence-electron chi connectivity index (χ1n) is 5.46. The van der Waals surface area contributed by atoms with Crippen molar-refractivity contribution in [3.63, 3.8) is 0 Å². The van der Waals surface area contributed by atoms with Gasteiger partial charge in [0, 0.05) is 6.08 Å². The highest BCUT2D eigenvalue weighted by molar-refractivity contribution is 6.70. The molecule has 0 bridgehead atoms. The van der Waals surface area contributed by atoms with Crippen LogP contribution in [-0.2, 0) is 9.53 Å². The summed E-state index contributed by atoms with van der Waals surface area (Å²) in [6.45, 7) is 6.41. The third-order valence-corrected chi connectivity index (χ3v) is 2.77. The zero-order valence-electron chi connectivity index (χ0n) is 10.7. The fourth-order valence-corrected chi connectivity index (χ4v) is 2.08. The maximum absolute atomic E-state index is 10.9. The maximum atomic E-state index is 10.9. The van der Waals surface area contributed by atoms with E-state index in [0.717, 1.165) is 11.3 Å². The number of hydrogen-bond acceptors (Lipinski definition) is 3. The highest BCUT2D eigenvalue weighted by Gasteiger charge is 2.15. The summed E-state index contributed by atoms with van der Waals surface area (Å²) in [7, 11) is -0.191. The molecule has 92 valence electrons. The van der Waals surface area contributed by atoms with Gasteiger partial charge in [0.05, 0.1) is 7.11 Å². The van der Waals surface area contributed by atoms with E-state index < -0.39 is 8.32 Å². The van der Waals surface area contributed by atoms with Crippen LogP contribution < -0.4 is 4.43 Å². The Bertz CT molecular complexity index is 402. The molecule has 0 fully saturated rings. The number of benzene rings is 1. The second-order valence-corrected chi connectivity index (χ2v) is 9.07. The van der Waals surface area contributed by atoms with Crippen LogP contribution in [0.4, 0.5) is 0 Å². The van der Waals surface area contributed by atoms with E-state index in [1.807, 2.05) is 24.3 Å². The number of carbonyl (C=O) groups is 1. The monoisotopic (exact) mass is 250 g/mol. The van der Waals surface area contributed by atoms with Gasteiger partial charge >= 0.3 is 5.97 Å². The molecule has 0 aliphatic rings. The third kappa shape index (κ3) is 5.35. The van der Waals surface area contributed by atoms with E-state index in [9.17, 15) is 4.79 Å². The van der Waals surface area contributed by atoms with Crippen LogP contribution >= 0.6 is 0 Å². The van der Waals surface area contributed by atoms with Crippen molar-refractivity contribution in [2.45, 2.75) is 19.6 Å². The summed E-state index contributed by atoms with van der Waals surface area (Å²) in [5.74, 6) is 0.520. The van der Waals surface area contributed by atoms with Crippen molar-refractivity contribution in [2.24, 2.45) is 0 Å². The molecule has 1 aromatic carbocycles. The van der Waals surface area contributed by atoms with Gasteiger partial charge in [-0.1, -0.05) is 12.1 Å². The number of methoxy groups -OCH3 is 1. The van der Waals surface area contributed by atoms with Gasteiger partial charge in [0.25, 0.3) is 0 Å². The average molecular weight is 250 g/mol. The predicted molar refractivity (Wildman–Crippen MR) is 71.5 cm³/mol. The molecule has 1 rings (SSSR count). The van der Waals surface area contributed by atoms with Gasteiger partial charge in [-0.05, 0) is 43.4 Å². The van der Waals surface area contributed by atoms with Crippen LogP contribution in [0.25, 0.3) is 6.08 Å². The van der Waals surface area contributed by atoms with Crippen molar-refractivity contribution >= 4 is 20.4 Å². The van der Waals surface area contributed by atoms with Crippen molar-refractivity contribution in [2.75, 3.05) is 7.11 Å². The number of ether oxygens (including phenoxy) is 1. The maximum Gasteiger partial charge on any atom is 0.330 e. The summed E-state index contributed by atoms with van der Waals surface area (Å²) >= 11 is 0. The van der Waals surface area contributed by atoms with Crippen molar-refractivity contribution in [1.82, 2.24) is 0 Å². The quantitative estimate of drug-likeness (QED) is 0.468. The second kappa shape index (κ2) is 5.68. The van der Waals surface area contributed by atoms with E-state index in [2.05, 4.69) is 24.4 Å². The highest BCUT2D eigenvalue weighted by atomic mass is 28.4. The van der Waals surface area contributed by atoms with E-state index in [1.54, 1.807) is 6.08 Å². The highest BCUT2D eigenvalue weighted by Crippen LogP contribution is 2.17. The van der Waals surface area contributed by atoms with E-state index in [4.69, 9.17) is 4.43 Å². The van der Waals surface area contributed by atoms with Crippen molar-refractivity contribution in [3.8, 4) is 5.75 Å².